The van der Waals surface area contributed by atoms with E-state index in [2.05, 4.69) is 35.9 Å². The molecule has 0 aliphatic carbocycles. The molecule has 2 nitrogen and oxygen atoms in total. The second-order valence-electron chi connectivity index (χ2n) is 3.34. The molecule has 0 saturated carbocycles. The summed E-state index contributed by atoms with van der Waals surface area (Å²) in [6.07, 6.45) is 3.60. The zero-order chi connectivity index (χ0) is 9.97. The SMILES string of the molecule is Cc1cccnc1-c1ncccc1C.[Cu+2]. The molecule has 0 aliphatic heterocycles. The Balaban J connectivity index is 0.00000112. The second kappa shape index (κ2) is 5.06. The third-order valence-electron chi connectivity index (χ3n) is 2.24. The molecule has 0 aliphatic rings. The van der Waals surface area contributed by atoms with Crippen LogP contribution in [0.15, 0.2) is 36.7 Å². The van der Waals surface area contributed by atoms with E-state index in [9.17, 15) is 0 Å². The van der Waals surface area contributed by atoms with Crippen LogP contribution in [0.1, 0.15) is 11.1 Å². The van der Waals surface area contributed by atoms with Gasteiger partial charge in [-0.05, 0) is 37.1 Å². The molecule has 2 heterocycles. The summed E-state index contributed by atoms with van der Waals surface area (Å²) in [6.45, 7) is 4.10. The Morgan fingerprint density at radius 2 is 1.20 bits per heavy atom. The minimum Gasteiger partial charge on any atom is -0.254 e. The van der Waals surface area contributed by atoms with Crippen molar-refractivity contribution >= 4 is 0 Å². The van der Waals surface area contributed by atoms with E-state index in [4.69, 9.17) is 0 Å². The summed E-state index contributed by atoms with van der Waals surface area (Å²) >= 11 is 0. The molecular formula is C12H12CuN2+2. The first-order valence-electron chi connectivity index (χ1n) is 4.62. The van der Waals surface area contributed by atoms with Crippen LogP contribution in [0.4, 0.5) is 0 Å². The standard InChI is InChI=1S/C12H12N2.Cu/c1-9-5-3-7-13-11(9)12-10(2)6-4-8-14-12;/h3-8H,1-2H3;/q;+2. The molecule has 2 aromatic heterocycles. The first-order chi connectivity index (χ1) is 6.79. The molecule has 0 bridgehead atoms. The van der Waals surface area contributed by atoms with Crippen molar-refractivity contribution in [2.45, 2.75) is 13.8 Å². The molecule has 0 unspecified atom stereocenters. The zero-order valence-corrected chi connectivity index (χ0v) is 9.60. The fraction of sp³-hybridized carbons (Fsp3) is 0.167. The minimum absolute atomic E-state index is 0. The molecule has 3 heteroatoms. The molecule has 0 amide bonds. The molecule has 2 rings (SSSR count). The summed E-state index contributed by atoms with van der Waals surface area (Å²) in [5.41, 5.74) is 4.28. The monoisotopic (exact) mass is 247 g/mol. The Labute approximate surface area is 100 Å². The maximum atomic E-state index is 4.35. The van der Waals surface area contributed by atoms with Crippen LogP contribution in [0, 0.1) is 13.8 Å². The Kier molecular flexibility index (Phi) is 4.01. The summed E-state index contributed by atoms with van der Waals surface area (Å²) in [7, 11) is 0. The zero-order valence-electron chi connectivity index (χ0n) is 8.66. The van der Waals surface area contributed by atoms with Gasteiger partial charge in [0, 0.05) is 12.4 Å². The first kappa shape index (κ1) is 11.9. The number of hydrogen-bond acceptors (Lipinski definition) is 2. The van der Waals surface area contributed by atoms with Crippen molar-refractivity contribution in [2.24, 2.45) is 0 Å². The third-order valence-corrected chi connectivity index (χ3v) is 2.24. The van der Waals surface area contributed by atoms with Crippen LogP contribution >= 0.6 is 0 Å². The van der Waals surface area contributed by atoms with E-state index in [-0.39, 0.29) is 17.1 Å². The Hall–Kier alpha value is -1.18. The number of nitrogens with zero attached hydrogens (tertiary/aromatic N) is 2. The Morgan fingerprint density at radius 3 is 1.53 bits per heavy atom. The van der Waals surface area contributed by atoms with Crippen molar-refractivity contribution in [3.8, 4) is 11.4 Å². The largest absolute Gasteiger partial charge is 2.00 e. The smallest absolute Gasteiger partial charge is 0.254 e. The number of pyridine rings is 2. The van der Waals surface area contributed by atoms with Crippen LogP contribution < -0.4 is 0 Å². The van der Waals surface area contributed by atoms with E-state index in [1.165, 1.54) is 0 Å². The van der Waals surface area contributed by atoms with Gasteiger partial charge in [-0.2, -0.15) is 0 Å². The summed E-state index contributed by atoms with van der Waals surface area (Å²) < 4.78 is 0. The van der Waals surface area contributed by atoms with Gasteiger partial charge in [-0.25, -0.2) is 0 Å². The van der Waals surface area contributed by atoms with Gasteiger partial charge in [0.15, 0.2) is 0 Å². The number of aromatic nitrogens is 2. The van der Waals surface area contributed by atoms with Gasteiger partial charge in [-0.15, -0.1) is 0 Å². The van der Waals surface area contributed by atoms with E-state index in [1.807, 2.05) is 12.1 Å². The average Bonchev–Trinajstić information content (AvgIpc) is 2.20. The molecule has 0 saturated heterocycles. The normalized spacial score (nSPS) is 9.47. The van der Waals surface area contributed by atoms with E-state index >= 15 is 0 Å². The average molecular weight is 248 g/mol. The predicted molar refractivity (Wildman–Crippen MR) is 56.9 cm³/mol. The molecule has 0 aromatic carbocycles. The molecule has 0 spiro atoms. The van der Waals surface area contributed by atoms with Crippen molar-refractivity contribution in [1.29, 1.82) is 0 Å². The fourth-order valence-electron chi connectivity index (χ4n) is 1.47. The van der Waals surface area contributed by atoms with Crippen LogP contribution in [0.2, 0.25) is 0 Å². The van der Waals surface area contributed by atoms with Crippen LogP contribution in [0.3, 0.4) is 0 Å². The van der Waals surface area contributed by atoms with Crippen molar-refractivity contribution < 1.29 is 17.1 Å². The maximum absolute atomic E-state index is 4.35. The van der Waals surface area contributed by atoms with E-state index in [1.54, 1.807) is 12.4 Å². The van der Waals surface area contributed by atoms with Crippen molar-refractivity contribution in [1.82, 2.24) is 9.97 Å². The van der Waals surface area contributed by atoms with Gasteiger partial charge in [0.2, 0.25) is 0 Å². The van der Waals surface area contributed by atoms with Crippen molar-refractivity contribution in [3.63, 3.8) is 0 Å². The molecule has 0 atom stereocenters. The van der Waals surface area contributed by atoms with Crippen LogP contribution in [-0.2, 0) is 17.1 Å². The topological polar surface area (TPSA) is 25.8 Å². The first-order valence-corrected chi connectivity index (χ1v) is 4.62. The van der Waals surface area contributed by atoms with Gasteiger partial charge in [-0.3, -0.25) is 9.97 Å². The number of aryl methyl sites for hydroxylation is 2. The predicted octanol–water partition coefficient (Wildman–Crippen LogP) is 2.76. The summed E-state index contributed by atoms with van der Waals surface area (Å²) in [4.78, 5) is 8.69. The van der Waals surface area contributed by atoms with Gasteiger partial charge in [0.25, 0.3) is 0 Å². The molecule has 0 N–H and O–H groups in total. The van der Waals surface area contributed by atoms with Crippen molar-refractivity contribution in [2.75, 3.05) is 0 Å². The fourth-order valence-corrected chi connectivity index (χ4v) is 1.47. The van der Waals surface area contributed by atoms with Gasteiger partial charge in [0.05, 0.1) is 11.4 Å². The molecule has 2 aromatic rings. The molecular weight excluding hydrogens is 236 g/mol. The number of rotatable bonds is 1. The summed E-state index contributed by atoms with van der Waals surface area (Å²) in [5, 5.41) is 0. The van der Waals surface area contributed by atoms with Crippen LogP contribution in [0.5, 0.6) is 0 Å². The minimum atomic E-state index is 0. The third kappa shape index (κ3) is 2.44. The summed E-state index contributed by atoms with van der Waals surface area (Å²) in [5.74, 6) is 0. The molecule has 0 fully saturated rings. The van der Waals surface area contributed by atoms with Gasteiger partial charge >= 0.3 is 17.1 Å². The Bertz CT molecular complexity index is 411. The van der Waals surface area contributed by atoms with Gasteiger partial charge in [-0.1, -0.05) is 12.1 Å². The number of hydrogen-bond donors (Lipinski definition) is 0. The van der Waals surface area contributed by atoms with Gasteiger partial charge in [0.1, 0.15) is 0 Å². The molecule has 15 heavy (non-hydrogen) atoms. The second-order valence-corrected chi connectivity index (χ2v) is 3.34. The van der Waals surface area contributed by atoms with Crippen molar-refractivity contribution in [3.05, 3.63) is 47.8 Å². The molecule has 1 radical (unpaired) electrons. The van der Waals surface area contributed by atoms with Gasteiger partial charge < -0.3 is 0 Å². The summed E-state index contributed by atoms with van der Waals surface area (Å²) in [6, 6.07) is 7.99. The van der Waals surface area contributed by atoms with E-state index in [0.29, 0.717) is 0 Å². The van der Waals surface area contributed by atoms with E-state index < -0.39 is 0 Å². The van der Waals surface area contributed by atoms with E-state index in [0.717, 1.165) is 22.5 Å². The Morgan fingerprint density at radius 1 is 0.800 bits per heavy atom. The molecule has 79 valence electrons. The van der Waals surface area contributed by atoms with Crippen LogP contribution in [-0.4, -0.2) is 9.97 Å². The maximum Gasteiger partial charge on any atom is 2.00 e. The quantitative estimate of drug-likeness (QED) is 0.725. The van der Waals surface area contributed by atoms with Crippen LogP contribution in [0.25, 0.3) is 11.4 Å².